The van der Waals surface area contributed by atoms with Crippen LogP contribution in [-0.4, -0.2) is 65.7 Å². The third kappa shape index (κ3) is 5.96. The van der Waals surface area contributed by atoms with Gasteiger partial charge in [0.1, 0.15) is 0 Å². The van der Waals surface area contributed by atoms with Gasteiger partial charge in [-0.25, -0.2) is 4.79 Å². The normalized spacial score (nSPS) is 25.7. The lowest BCUT2D eigenvalue weighted by molar-refractivity contribution is -0.139. The monoisotopic (exact) mass is 339 g/mol. The molecule has 0 aromatic rings. The fourth-order valence-corrected chi connectivity index (χ4v) is 3.95. The Morgan fingerprint density at radius 2 is 1.83 bits per heavy atom. The van der Waals surface area contributed by atoms with Crippen LogP contribution in [0.4, 0.5) is 4.79 Å². The number of likely N-dealkylation sites (tertiary alicyclic amines) is 2. The molecule has 2 amide bonds. The molecule has 2 rings (SSSR count). The van der Waals surface area contributed by atoms with Crippen LogP contribution in [0, 0.1) is 11.8 Å². The van der Waals surface area contributed by atoms with Gasteiger partial charge in [-0.3, -0.25) is 4.79 Å². The number of nitrogens with zero attached hydrogens (tertiary/aromatic N) is 2. The zero-order chi connectivity index (χ0) is 17.5. The molecule has 0 saturated carbocycles. The summed E-state index contributed by atoms with van der Waals surface area (Å²) in [5.74, 6) is -0.242. The molecule has 0 aromatic heterocycles. The standard InChI is InChI=1S/C18H33N3O3/c1-14(2)19-18(24)21-11-7-15(12-17(22)23)16(13-21)6-10-20-8-4-3-5-9-20/h14-16H,3-13H2,1-2H3,(H,19,24)(H,22,23). The third-order valence-electron chi connectivity index (χ3n) is 5.29. The average molecular weight is 339 g/mol. The highest BCUT2D eigenvalue weighted by Gasteiger charge is 2.33. The van der Waals surface area contributed by atoms with Crippen molar-refractivity contribution in [1.29, 1.82) is 0 Å². The summed E-state index contributed by atoms with van der Waals surface area (Å²) in [7, 11) is 0. The topological polar surface area (TPSA) is 72.9 Å². The molecule has 0 spiro atoms. The first kappa shape index (κ1) is 19.0. The Balaban J connectivity index is 1.91. The van der Waals surface area contributed by atoms with Gasteiger partial charge in [0.2, 0.25) is 0 Å². The maximum absolute atomic E-state index is 12.3. The zero-order valence-electron chi connectivity index (χ0n) is 15.2. The lowest BCUT2D eigenvalue weighted by Crippen LogP contribution is -2.50. The molecule has 2 N–H and O–H groups in total. The molecule has 2 aliphatic heterocycles. The molecule has 138 valence electrons. The largest absolute Gasteiger partial charge is 0.481 e. The van der Waals surface area contributed by atoms with Crippen LogP contribution in [0.25, 0.3) is 0 Å². The second-order valence-corrected chi connectivity index (χ2v) is 7.65. The van der Waals surface area contributed by atoms with Gasteiger partial charge in [-0.1, -0.05) is 6.42 Å². The molecule has 2 fully saturated rings. The van der Waals surface area contributed by atoms with E-state index < -0.39 is 5.97 Å². The first-order chi connectivity index (χ1) is 11.5. The maximum Gasteiger partial charge on any atom is 0.317 e. The Labute approximate surface area is 145 Å². The number of piperidine rings is 2. The summed E-state index contributed by atoms with van der Waals surface area (Å²) >= 11 is 0. The number of urea groups is 1. The highest BCUT2D eigenvalue weighted by molar-refractivity contribution is 5.74. The molecule has 2 unspecified atom stereocenters. The van der Waals surface area contributed by atoms with Crippen LogP contribution in [0.3, 0.4) is 0 Å². The molecular weight excluding hydrogens is 306 g/mol. The number of nitrogens with one attached hydrogen (secondary N) is 1. The van der Waals surface area contributed by atoms with E-state index in [0.717, 1.165) is 32.5 Å². The first-order valence-corrected chi connectivity index (χ1v) is 9.45. The molecule has 0 bridgehead atoms. The van der Waals surface area contributed by atoms with E-state index in [-0.39, 0.29) is 30.3 Å². The van der Waals surface area contributed by atoms with Crippen molar-refractivity contribution in [3.8, 4) is 0 Å². The van der Waals surface area contributed by atoms with Gasteiger partial charge in [0.05, 0.1) is 0 Å². The van der Waals surface area contributed by atoms with Crippen molar-refractivity contribution < 1.29 is 14.7 Å². The molecule has 0 radical (unpaired) electrons. The van der Waals surface area contributed by atoms with E-state index in [4.69, 9.17) is 0 Å². The van der Waals surface area contributed by atoms with E-state index >= 15 is 0 Å². The summed E-state index contributed by atoms with van der Waals surface area (Å²) < 4.78 is 0. The van der Waals surface area contributed by atoms with Crippen LogP contribution in [0.1, 0.15) is 52.4 Å². The highest BCUT2D eigenvalue weighted by Crippen LogP contribution is 2.30. The Kier molecular flexibility index (Phi) is 7.34. The molecule has 6 nitrogen and oxygen atoms in total. The fourth-order valence-electron chi connectivity index (χ4n) is 3.95. The molecule has 0 aromatic carbocycles. The van der Waals surface area contributed by atoms with E-state index in [1.165, 1.54) is 19.3 Å². The van der Waals surface area contributed by atoms with Gasteiger partial charge in [-0.2, -0.15) is 0 Å². The fraction of sp³-hybridized carbons (Fsp3) is 0.889. The molecule has 24 heavy (non-hydrogen) atoms. The minimum atomic E-state index is -0.719. The summed E-state index contributed by atoms with van der Waals surface area (Å²) in [5, 5.41) is 12.1. The number of carbonyl (C=O) groups excluding carboxylic acids is 1. The van der Waals surface area contributed by atoms with Crippen LogP contribution in [0.2, 0.25) is 0 Å². The Morgan fingerprint density at radius 1 is 1.12 bits per heavy atom. The number of rotatable bonds is 6. The molecule has 2 heterocycles. The van der Waals surface area contributed by atoms with Crippen molar-refractivity contribution >= 4 is 12.0 Å². The molecule has 0 aliphatic carbocycles. The average Bonchev–Trinajstić information content (AvgIpc) is 2.53. The minimum Gasteiger partial charge on any atom is -0.481 e. The van der Waals surface area contributed by atoms with Gasteiger partial charge < -0.3 is 20.2 Å². The number of carbonyl (C=O) groups is 2. The second kappa shape index (κ2) is 9.25. The van der Waals surface area contributed by atoms with Crippen molar-refractivity contribution in [2.24, 2.45) is 11.8 Å². The highest BCUT2D eigenvalue weighted by atomic mass is 16.4. The van der Waals surface area contributed by atoms with E-state index in [0.29, 0.717) is 13.1 Å². The van der Waals surface area contributed by atoms with Gasteiger partial charge in [-0.05, 0) is 71.0 Å². The molecular formula is C18H33N3O3. The van der Waals surface area contributed by atoms with Crippen molar-refractivity contribution in [3.05, 3.63) is 0 Å². The van der Waals surface area contributed by atoms with Crippen LogP contribution in [0.15, 0.2) is 0 Å². The van der Waals surface area contributed by atoms with Crippen LogP contribution in [-0.2, 0) is 4.79 Å². The smallest absolute Gasteiger partial charge is 0.317 e. The molecule has 2 aliphatic rings. The first-order valence-electron chi connectivity index (χ1n) is 9.45. The number of hydrogen-bond donors (Lipinski definition) is 2. The second-order valence-electron chi connectivity index (χ2n) is 7.65. The summed E-state index contributed by atoms with van der Waals surface area (Å²) in [6.45, 7) is 8.62. The van der Waals surface area contributed by atoms with Crippen molar-refractivity contribution in [2.75, 3.05) is 32.7 Å². The van der Waals surface area contributed by atoms with E-state index in [1.807, 2.05) is 18.7 Å². The van der Waals surface area contributed by atoms with Gasteiger partial charge in [0.25, 0.3) is 0 Å². The van der Waals surface area contributed by atoms with Gasteiger partial charge in [0, 0.05) is 25.6 Å². The van der Waals surface area contributed by atoms with Gasteiger partial charge in [-0.15, -0.1) is 0 Å². The predicted molar refractivity (Wildman–Crippen MR) is 94.0 cm³/mol. The van der Waals surface area contributed by atoms with E-state index in [2.05, 4.69) is 10.2 Å². The Bertz CT molecular complexity index is 422. The van der Waals surface area contributed by atoms with Crippen molar-refractivity contribution in [1.82, 2.24) is 15.1 Å². The number of amides is 2. The SMILES string of the molecule is CC(C)NC(=O)N1CCC(CC(=O)O)C(CCN2CCCCC2)C1. The number of hydrogen-bond acceptors (Lipinski definition) is 3. The Morgan fingerprint density at radius 3 is 2.46 bits per heavy atom. The summed E-state index contributed by atoms with van der Waals surface area (Å²) in [6, 6.07) is 0.114. The quantitative estimate of drug-likeness (QED) is 0.779. The maximum atomic E-state index is 12.3. The lowest BCUT2D eigenvalue weighted by atomic mass is 9.81. The van der Waals surface area contributed by atoms with E-state index in [9.17, 15) is 14.7 Å². The summed E-state index contributed by atoms with van der Waals surface area (Å²) in [6.07, 6.45) is 5.87. The number of carboxylic acid groups (broad SMARTS) is 1. The van der Waals surface area contributed by atoms with Crippen LogP contribution in [0.5, 0.6) is 0 Å². The zero-order valence-corrected chi connectivity index (χ0v) is 15.2. The lowest BCUT2D eigenvalue weighted by Gasteiger charge is -2.39. The predicted octanol–water partition coefficient (Wildman–Crippen LogP) is 2.39. The van der Waals surface area contributed by atoms with Crippen LogP contribution >= 0.6 is 0 Å². The number of carboxylic acids is 1. The van der Waals surface area contributed by atoms with Gasteiger partial charge in [0.15, 0.2) is 0 Å². The Hall–Kier alpha value is -1.30. The summed E-state index contributed by atoms with van der Waals surface area (Å²) in [4.78, 5) is 27.8. The number of aliphatic carboxylic acids is 1. The summed E-state index contributed by atoms with van der Waals surface area (Å²) in [5.41, 5.74) is 0. The molecule has 2 atom stereocenters. The molecule has 2 saturated heterocycles. The third-order valence-corrected chi connectivity index (χ3v) is 5.29. The van der Waals surface area contributed by atoms with Crippen molar-refractivity contribution in [3.63, 3.8) is 0 Å². The molecule has 6 heteroatoms. The van der Waals surface area contributed by atoms with Gasteiger partial charge >= 0.3 is 12.0 Å². The van der Waals surface area contributed by atoms with Crippen molar-refractivity contribution in [2.45, 2.75) is 58.4 Å². The van der Waals surface area contributed by atoms with Crippen LogP contribution < -0.4 is 5.32 Å². The van der Waals surface area contributed by atoms with E-state index in [1.54, 1.807) is 0 Å². The minimum absolute atomic E-state index is 0.0123.